The minimum absolute atomic E-state index is 0.0299. The van der Waals surface area contributed by atoms with Crippen LogP contribution in [0.15, 0.2) is 18.2 Å². The monoisotopic (exact) mass is 262 g/mol. The maximum absolute atomic E-state index is 12.1. The zero-order chi connectivity index (χ0) is 14.0. The first-order valence-corrected chi connectivity index (χ1v) is 6.86. The van der Waals surface area contributed by atoms with Crippen LogP contribution in [0, 0.1) is 0 Å². The summed E-state index contributed by atoms with van der Waals surface area (Å²) in [6.07, 6.45) is 1.34. The summed E-state index contributed by atoms with van der Waals surface area (Å²) >= 11 is 0. The Labute approximate surface area is 114 Å². The van der Waals surface area contributed by atoms with E-state index in [9.17, 15) is 4.79 Å². The Bertz CT molecular complexity index is 471. The van der Waals surface area contributed by atoms with Crippen molar-refractivity contribution in [2.75, 3.05) is 11.4 Å². The molecule has 0 bridgehead atoms. The van der Waals surface area contributed by atoms with Crippen LogP contribution in [0.4, 0.5) is 5.69 Å². The molecule has 0 fully saturated rings. The van der Waals surface area contributed by atoms with E-state index in [-0.39, 0.29) is 18.1 Å². The fraction of sp³-hybridized carbons (Fsp3) is 0.533. The highest BCUT2D eigenvalue weighted by atomic mass is 16.5. The zero-order valence-corrected chi connectivity index (χ0v) is 11.8. The van der Waals surface area contributed by atoms with Crippen molar-refractivity contribution >= 4 is 11.6 Å². The minimum Gasteiger partial charge on any atom is -0.487 e. The third-order valence-electron chi connectivity index (χ3n) is 3.24. The molecule has 1 aromatic carbocycles. The van der Waals surface area contributed by atoms with Crippen molar-refractivity contribution in [1.82, 2.24) is 0 Å². The van der Waals surface area contributed by atoms with Crippen molar-refractivity contribution in [3.63, 3.8) is 0 Å². The fourth-order valence-electron chi connectivity index (χ4n) is 2.41. The number of anilines is 1. The van der Waals surface area contributed by atoms with Gasteiger partial charge in [0.15, 0.2) is 0 Å². The van der Waals surface area contributed by atoms with Gasteiger partial charge in [-0.25, -0.2) is 0 Å². The highest BCUT2D eigenvalue weighted by molar-refractivity contribution is 5.95. The molecule has 0 aliphatic carbocycles. The van der Waals surface area contributed by atoms with Gasteiger partial charge in [-0.3, -0.25) is 4.79 Å². The molecule has 0 radical (unpaired) electrons. The smallest absolute Gasteiger partial charge is 0.226 e. The molecule has 1 aliphatic rings. The van der Waals surface area contributed by atoms with Crippen LogP contribution in [0.3, 0.4) is 0 Å². The quantitative estimate of drug-likeness (QED) is 0.907. The van der Waals surface area contributed by atoms with Crippen molar-refractivity contribution in [3.05, 3.63) is 23.8 Å². The number of carbonyl (C=O) groups is 1. The first kappa shape index (κ1) is 13.9. The number of carbonyl (C=O) groups excluding carboxylic acids is 1. The molecular formula is C15H22N2O2. The van der Waals surface area contributed by atoms with Crippen LogP contribution in [0.25, 0.3) is 0 Å². The van der Waals surface area contributed by atoms with Crippen molar-refractivity contribution in [1.29, 1.82) is 0 Å². The molecule has 104 valence electrons. The second-order valence-corrected chi connectivity index (χ2v) is 5.27. The summed E-state index contributed by atoms with van der Waals surface area (Å²) in [6.45, 7) is 6.46. The van der Waals surface area contributed by atoms with E-state index in [1.54, 1.807) is 0 Å². The molecule has 0 saturated heterocycles. The zero-order valence-electron chi connectivity index (χ0n) is 11.8. The van der Waals surface area contributed by atoms with Crippen LogP contribution >= 0.6 is 0 Å². The maximum atomic E-state index is 12.1. The van der Waals surface area contributed by atoms with Gasteiger partial charge in [0.25, 0.3) is 0 Å². The largest absolute Gasteiger partial charge is 0.487 e. The van der Waals surface area contributed by atoms with Gasteiger partial charge in [-0.05, 0) is 38.0 Å². The summed E-state index contributed by atoms with van der Waals surface area (Å²) < 4.78 is 5.79. The molecule has 4 nitrogen and oxygen atoms in total. The molecule has 19 heavy (non-hydrogen) atoms. The molecule has 2 N–H and O–H groups in total. The number of nitrogens with two attached hydrogens (primary N) is 1. The molecule has 1 aliphatic heterocycles. The van der Waals surface area contributed by atoms with Gasteiger partial charge in [0.2, 0.25) is 5.91 Å². The Morgan fingerprint density at radius 1 is 1.58 bits per heavy atom. The Kier molecular flexibility index (Phi) is 4.10. The van der Waals surface area contributed by atoms with Gasteiger partial charge in [0, 0.05) is 12.5 Å². The molecule has 1 aromatic rings. The Balaban J connectivity index is 2.35. The molecule has 0 aromatic heterocycles. The lowest BCUT2D eigenvalue weighted by Crippen LogP contribution is -2.42. The maximum Gasteiger partial charge on any atom is 0.226 e. The average molecular weight is 262 g/mol. The van der Waals surface area contributed by atoms with E-state index in [4.69, 9.17) is 10.5 Å². The van der Waals surface area contributed by atoms with Gasteiger partial charge < -0.3 is 15.4 Å². The lowest BCUT2D eigenvalue weighted by atomic mass is 10.0. The second kappa shape index (κ2) is 5.61. The number of benzene rings is 1. The molecule has 2 rings (SSSR count). The van der Waals surface area contributed by atoms with Crippen molar-refractivity contribution in [2.24, 2.45) is 5.73 Å². The highest BCUT2D eigenvalue weighted by Gasteiger charge is 2.26. The average Bonchev–Trinajstić information content (AvgIpc) is 2.36. The number of nitrogens with zero attached hydrogens (tertiary/aromatic N) is 1. The van der Waals surface area contributed by atoms with E-state index in [1.807, 2.05) is 43.9 Å². The number of ether oxygens (including phenoxy) is 1. The summed E-state index contributed by atoms with van der Waals surface area (Å²) in [5.74, 6) is 0.920. The van der Waals surface area contributed by atoms with Gasteiger partial charge >= 0.3 is 0 Å². The van der Waals surface area contributed by atoms with E-state index in [0.29, 0.717) is 13.0 Å². The van der Waals surface area contributed by atoms with Gasteiger partial charge in [-0.1, -0.05) is 13.0 Å². The Morgan fingerprint density at radius 3 is 2.95 bits per heavy atom. The molecule has 4 heteroatoms. The number of rotatable bonds is 3. The molecular weight excluding hydrogens is 240 g/mol. The van der Waals surface area contributed by atoms with Crippen LogP contribution in [0.1, 0.15) is 32.8 Å². The van der Waals surface area contributed by atoms with Gasteiger partial charge in [0.05, 0.1) is 12.2 Å². The third-order valence-corrected chi connectivity index (χ3v) is 3.24. The standard InChI is InChI=1S/C15H22N2O2/c1-4-15(18)17-9-11(3)19-14-6-5-12(7-10(2)16)8-13(14)17/h5-6,8,10-11H,4,7,9,16H2,1-3H3. The normalized spacial score (nSPS) is 19.6. The van der Waals surface area contributed by atoms with Crippen molar-refractivity contribution < 1.29 is 9.53 Å². The van der Waals surface area contributed by atoms with E-state index in [0.717, 1.165) is 23.4 Å². The van der Waals surface area contributed by atoms with Crippen LogP contribution in [-0.4, -0.2) is 24.6 Å². The van der Waals surface area contributed by atoms with Gasteiger partial charge in [0.1, 0.15) is 11.9 Å². The molecule has 2 atom stereocenters. The molecule has 0 spiro atoms. The van der Waals surface area contributed by atoms with Gasteiger partial charge in [-0.15, -0.1) is 0 Å². The summed E-state index contributed by atoms with van der Waals surface area (Å²) in [5.41, 5.74) is 7.85. The van der Waals surface area contributed by atoms with E-state index in [2.05, 4.69) is 0 Å². The molecule has 2 unspecified atom stereocenters. The van der Waals surface area contributed by atoms with E-state index in [1.165, 1.54) is 0 Å². The molecule has 0 saturated carbocycles. The third kappa shape index (κ3) is 3.07. The van der Waals surface area contributed by atoms with Crippen LogP contribution in [-0.2, 0) is 11.2 Å². The first-order valence-electron chi connectivity index (χ1n) is 6.86. The number of hydrogen-bond acceptors (Lipinski definition) is 3. The van der Waals surface area contributed by atoms with E-state index < -0.39 is 0 Å². The first-order chi connectivity index (χ1) is 9.01. The van der Waals surface area contributed by atoms with Crippen molar-refractivity contribution in [3.8, 4) is 5.75 Å². The van der Waals surface area contributed by atoms with Crippen LogP contribution in [0.2, 0.25) is 0 Å². The number of hydrogen-bond donors (Lipinski definition) is 1. The number of fused-ring (bicyclic) bond motifs is 1. The fourth-order valence-corrected chi connectivity index (χ4v) is 2.41. The molecule has 1 amide bonds. The second-order valence-electron chi connectivity index (χ2n) is 5.27. The summed E-state index contributed by atoms with van der Waals surface area (Å²) in [6, 6.07) is 6.10. The predicted octanol–water partition coefficient (Wildman–Crippen LogP) is 2.10. The van der Waals surface area contributed by atoms with Crippen LogP contribution < -0.4 is 15.4 Å². The van der Waals surface area contributed by atoms with Crippen LogP contribution in [0.5, 0.6) is 5.75 Å². The lowest BCUT2D eigenvalue weighted by Gasteiger charge is -2.33. The Morgan fingerprint density at radius 2 is 2.32 bits per heavy atom. The Hall–Kier alpha value is -1.55. The minimum atomic E-state index is 0.0299. The summed E-state index contributed by atoms with van der Waals surface area (Å²) in [5, 5.41) is 0. The van der Waals surface area contributed by atoms with Crippen molar-refractivity contribution in [2.45, 2.75) is 45.8 Å². The molecule has 1 heterocycles. The summed E-state index contributed by atoms with van der Waals surface area (Å²) in [4.78, 5) is 13.9. The lowest BCUT2D eigenvalue weighted by molar-refractivity contribution is -0.118. The van der Waals surface area contributed by atoms with Gasteiger partial charge in [-0.2, -0.15) is 0 Å². The van der Waals surface area contributed by atoms with E-state index >= 15 is 0 Å². The topological polar surface area (TPSA) is 55.6 Å². The number of amides is 1. The summed E-state index contributed by atoms with van der Waals surface area (Å²) in [7, 11) is 0. The predicted molar refractivity (Wildman–Crippen MR) is 76.5 cm³/mol. The highest BCUT2D eigenvalue weighted by Crippen LogP contribution is 2.34. The SMILES string of the molecule is CCC(=O)N1CC(C)Oc2ccc(CC(C)N)cc21.